The molecule has 3 heteroatoms. The van der Waals surface area contributed by atoms with Gasteiger partial charge in [0.05, 0.1) is 11.6 Å². The summed E-state index contributed by atoms with van der Waals surface area (Å²) in [5, 5.41) is 11.2. The van der Waals surface area contributed by atoms with Crippen LogP contribution in [0, 0.1) is 12.7 Å². The summed E-state index contributed by atoms with van der Waals surface area (Å²) in [7, 11) is 0. The monoisotopic (exact) mass is 375 g/mol. The summed E-state index contributed by atoms with van der Waals surface area (Å²) in [6.07, 6.45) is 1.18. The average molecular weight is 375 g/mol. The Morgan fingerprint density at radius 1 is 0.857 bits per heavy atom. The Hall–Kier alpha value is -2.49. The third-order valence-electron chi connectivity index (χ3n) is 5.93. The quantitative estimate of drug-likeness (QED) is 0.677. The molecule has 4 rings (SSSR count). The van der Waals surface area contributed by atoms with Gasteiger partial charge >= 0.3 is 0 Å². The summed E-state index contributed by atoms with van der Waals surface area (Å²) in [5.74, 6) is -0.250. The van der Waals surface area contributed by atoms with Gasteiger partial charge in [0.2, 0.25) is 0 Å². The van der Waals surface area contributed by atoms with E-state index in [-0.39, 0.29) is 11.9 Å². The number of hydrogen-bond donors (Lipinski definition) is 1. The molecule has 0 spiro atoms. The number of benzene rings is 3. The lowest BCUT2D eigenvalue weighted by molar-refractivity contribution is -0.0326. The number of likely N-dealkylation sites (tertiary alicyclic amines) is 1. The van der Waals surface area contributed by atoms with Gasteiger partial charge in [-0.25, -0.2) is 4.39 Å². The van der Waals surface area contributed by atoms with Crippen molar-refractivity contribution in [2.24, 2.45) is 0 Å². The number of piperidine rings is 1. The summed E-state index contributed by atoms with van der Waals surface area (Å²) in [6.45, 7) is 3.25. The first kappa shape index (κ1) is 18.9. The highest BCUT2D eigenvalue weighted by molar-refractivity contribution is 5.33. The van der Waals surface area contributed by atoms with Crippen LogP contribution in [0.2, 0.25) is 0 Å². The van der Waals surface area contributed by atoms with Crippen molar-refractivity contribution >= 4 is 0 Å². The molecule has 0 bridgehead atoms. The molecule has 144 valence electrons. The normalized spacial score (nSPS) is 17.0. The van der Waals surface area contributed by atoms with Crippen molar-refractivity contribution in [3.63, 3.8) is 0 Å². The van der Waals surface area contributed by atoms with Crippen LogP contribution in [-0.2, 0) is 5.60 Å². The van der Waals surface area contributed by atoms with Gasteiger partial charge in [-0.15, -0.1) is 0 Å². The Labute approximate surface area is 166 Å². The Bertz CT molecular complexity index is 878. The molecule has 3 aromatic rings. The molecule has 1 saturated heterocycles. The predicted molar refractivity (Wildman–Crippen MR) is 111 cm³/mol. The number of hydrogen-bond acceptors (Lipinski definition) is 2. The molecule has 1 N–H and O–H groups in total. The fourth-order valence-corrected chi connectivity index (χ4v) is 4.21. The first-order chi connectivity index (χ1) is 13.6. The van der Waals surface area contributed by atoms with E-state index in [0.29, 0.717) is 24.0 Å². The van der Waals surface area contributed by atoms with Crippen LogP contribution in [0.1, 0.15) is 41.1 Å². The van der Waals surface area contributed by atoms with Gasteiger partial charge in [0.15, 0.2) is 0 Å². The van der Waals surface area contributed by atoms with Crippen molar-refractivity contribution < 1.29 is 9.50 Å². The molecule has 0 amide bonds. The Balaban J connectivity index is 1.59. The molecule has 0 atom stereocenters. The lowest BCUT2D eigenvalue weighted by Gasteiger charge is -2.42. The van der Waals surface area contributed by atoms with Gasteiger partial charge in [0.1, 0.15) is 5.82 Å². The minimum absolute atomic E-state index is 0.154. The number of aryl methyl sites for hydroxylation is 1. The zero-order valence-corrected chi connectivity index (χ0v) is 16.2. The average Bonchev–Trinajstić information content (AvgIpc) is 2.73. The molecule has 2 nitrogen and oxygen atoms in total. The predicted octanol–water partition coefficient (Wildman–Crippen LogP) is 5.21. The SMILES string of the molecule is Cc1ccc(C2(O)CCN(C(c3ccccc3)c3ccccc3)CC2)cc1F. The van der Waals surface area contributed by atoms with E-state index in [2.05, 4.69) is 53.4 Å². The van der Waals surface area contributed by atoms with Gasteiger partial charge in [0, 0.05) is 13.1 Å². The van der Waals surface area contributed by atoms with Crippen LogP contribution in [0.5, 0.6) is 0 Å². The number of nitrogens with zero attached hydrogens (tertiary/aromatic N) is 1. The first-order valence-corrected chi connectivity index (χ1v) is 9.90. The van der Waals surface area contributed by atoms with Crippen LogP contribution >= 0.6 is 0 Å². The van der Waals surface area contributed by atoms with Crippen molar-refractivity contribution in [2.45, 2.75) is 31.4 Å². The smallest absolute Gasteiger partial charge is 0.126 e. The topological polar surface area (TPSA) is 23.5 Å². The van der Waals surface area contributed by atoms with Gasteiger partial charge < -0.3 is 5.11 Å². The summed E-state index contributed by atoms with van der Waals surface area (Å²) in [6, 6.07) is 26.3. The standard InChI is InChI=1S/C25H26FNO/c1-19-12-13-22(18-23(19)26)25(28)14-16-27(17-15-25)24(20-8-4-2-5-9-20)21-10-6-3-7-11-21/h2-13,18,24,28H,14-17H2,1H3. The van der Waals surface area contributed by atoms with Crippen molar-refractivity contribution in [1.29, 1.82) is 0 Å². The molecule has 0 aliphatic carbocycles. The van der Waals surface area contributed by atoms with Crippen LogP contribution in [-0.4, -0.2) is 23.1 Å². The van der Waals surface area contributed by atoms with E-state index in [1.807, 2.05) is 18.2 Å². The second-order valence-electron chi connectivity index (χ2n) is 7.76. The van der Waals surface area contributed by atoms with E-state index >= 15 is 0 Å². The van der Waals surface area contributed by atoms with E-state index in [9.17, 15) is 9.50 Å². The molecule has 1 aliphatic rings. The van der Waals surface area contributed by atoms with Crippen molar-refractivity contribution in [3.8, 4) is 0 Å². The van der Waals surface area contributed by atoms with Gasteiger partial charge in [-0.3, -0.25) is 4.90 Å². The van der Waals surface area contributed by atoms with E-state index in [1.54, 1.807) is 13.0 Å². The Morgan fingerprint density at radius 3 is 1.89 bits per heavy atom. The van der Waals surface area contributed by atoms with Crippen molar-refractivity contribution in [3.05, 3.63) is 107 Å². The van der Waals surface area contributed by atoms with E-state index in [0.717, 1.165) is 13.1 Å². The summed E-state index contributed by atoms with van der Waals surface area (Å²) >= 11 is 0. The van der Waals surface area contributed by atoms with E-state index < -0.39 is 5.60 Å². The lowest BCUT2D eigenvalue weighted by Crippen LogP contribution is -2.44. The van der Waals surface area contributed by atoms with Gasteiger partial charge in [-0.2, -0.15) is 0 Å². The lowest BCUT2D eigenvalue weighted by atomic mass is 9.82. The number of rotatable bonds is 4. The molecule has 0 saturated carbocycles. The zero-order chi connectivity index (χ0) is 19.6. The highest BCUT2D eigenvalue weighted by atomic mass is 19.1. The van der Waals surface area contributed by atoms with Crippen LogP contribution in [0.25, 0.3) is 0 Å². The molecule has 1 heterocycles. The van der Waals surface area contributed by atoms with Crippen molar-refractivity contribution in [1.82, 2.24) is 4.90 Å². The summed E-state index contributed by atoms with van der Waals surface area (Å²) < 4.78 is 14.0. The maximum Gasteiger partial charge on any atom is 0.126 e. The minimum atomic E-state index is -0.969. The molecule has 0 radical (unpaired) electrons. The number of halogens is 1. The van der Waals surface area contributed by atoms with Crippen molar-refractivity contribution in [2.75, 3.05) is 13.1 Å². The van der Waals surface area contributed by atoms with Gasteiger partial charge in [-0.05, 0) is 48.1 Å². The van der Waals surface area contributed by atoms with E-state index in [1.165, 1.54) is 17.2 Å². The minimum Gasteiger partial charge on any atom is -0.385 e. The molecular formula is C25H26FNO. The summed E-state index contributed by atoms with van der Waals surface area (Å²) in [5.41, 5.74) is 2.83. The van der Waals surface area contributed by atoms with Crippen LogP contribution < -0.4 is 0 Å². The molecule has 28 heavy (non-hydrogen) atoms. The first-order valence-electron chi connectivity index (χ1n) is 9.90. The molecular weight excluding hydrogens is 349 g/mol. The van der Waals surface area contributed by atoms with Crippen LogP contribution in [0.15, 0.2) is 78.9 Å². The molecule has 1 aliphatic heterocycles. The van der Waals surface area contributed by atoms with Gasteiger partial charge in [0.25, 0.3) is 0 Å². The third kappa shape index (κ3) is 3.73. The van der Waals surface area contributed by atoms with E-state index in [4.69, 9.17) is 0 Å². The van der Waals surface area contributed by atoms with Crippen LogP contribution in [0.4, 0.5) is 4.39 Å². The molecule has 0 aromatic heterocycles. The highest BCUT2D eigenvalue weighted by Gasteiger charge is 2.37. The Morgan fingerprint density at radius 2 is 1.39 bits per heavy atom. The number of aliphatic hydroxyl groups is 1. The maximum atomic E-state index is 14.0. The zero-order valence-electron chi connectivity index (χ0n) is 16.2. The fourth-order valence-electron chi connectivity index (χ4n) is 4.21. The van der Waals surface area contributed by atoms with Gasteiger partial charge in [-0.1, -0.05) is 72.8 Å². The fraction of sp³-hybridized carbons (Fsp3) is 0.280. The highest BCUT2D eigenvalue weighted by Crippen LogP contribution is 2.38. The Kier molecular flexibility index (Phi) is 5.29. The maximum absolute atomic E-state index is 14.0. The van der Waals surface area contributed by atoms with Crippen LogP contribution in [0.3, 0.4) is 0 Å². The largest absolute Gasteiger partial charge is 0.385 e. The second-order valence-corrected chi connectivity index (χ2v) is 7.76. The molecule has 3 aromatic carbocycles. The molecule has 0 unspecified atom stereocenters. The summed E-state index contributed by atoms with van der Waals surface area (Å²) in [4.78, 5) is 2.42. The third-order valence-corrected chi connectivity index (χ3v) is 5.93. The second kappa shape index (κ2) is 7.86. The molecule has 1 fully saturated rings.